The summed E-state index contributed by atoms with van der Waals surface area (Å²) < 4.78 is 0. The summed E-state index contributed by atoms with van der Waals surface area (Å²) >= 11 is 0. The maximum absolute atomic E-state index is 5.19. The zero-order valence-electron chi connectivity index (χ0n) is 9.56. The van der Waals surface area contributed by atoms with E-state index in [0.29, 0.717) is 5.65 Å². The zero-order chi connectivity index (χ0) is 11.9. The molecule has 2 rings (SSSR count). The number of terminal acetylenes is 1. The predicted octanol–water partition coefficient (Wildman–Crippen LogP) is 2.24. The Hall–Kier alpha value is -2.15. The summed E-state index contributed by atoms with van der Waals surface area (Å²) in [5.74, 6) is 3.46. The van der Waals surface area contributed by atoms with Gasteiger partial charge in [-0.1, -0.05) is 0 Å². The van der Waals surface area contributed by atoms with E-state index in [1.165, 1.54) is 0 Å². The summed E-state index contributed by atoms with van der Waals surface area (Å²) in [6.07, 6.45) is 11.4. The topological polar surface area (TPSA) is 50.7 Å². The van der Waals surface area contributed by atoms with Gasteiger partial charge in [0.2, 0.25) is 0 Å². The van der Waals surface area contributed by atoms with Gasteiger partial charge in [-0.05, 0) is 25.0 Å². The molecular weight excluding hydrogens is 212 g/mol. The highest BCUT2D eigenvalue weighted by Gasteiger charge is 1.98. The lowest BCUT2D eigenvalue weighted by molar-refractivity contribution is 0.787. The normalized spacial score (nSPS) is 10.1. The number of fused-ring (bicyclic) bond motifs is 1. The second kappa shape index (κ2) is 5.80. The molecule has 0 saturated carbocycles. The summed E-state index contributed by atoms with van der Waals surface area (Å²) in [4.78, 5) is 12.7. The first kappa shape index (κ1) is 11.3. The molecule has 4 nitrogen and oxygen atoms in total. The molecule has 0 saturated heterocycles. The Kier molecular flexibility index (Phi) is 3.87. The zero-order valence-corrected chi connectivity index (χ0v) is 9.56. The first-order valence-corrected chi connectivity index (χ1v) is 5.65. The molecule has 0 spiro atoms. The Labute approximate surface area is 101 Å². The first-order chi connectivity index (χ1) is 8.40. The van der Waals surface area contributed by atoms with Gasteiger partial charge in [0.25, 0.3) is 0 Å². The molecule has 0 aliphatic carbocycles. The van der Waals surface area contributed by atoms with E-state index in [-0.39, 0.29) is 0 Å². The van der Waals surface area contributed by atoms with Gasteiger partial charge in [0, 0.05) is 25.4 Å². The molecule has 0 fully saturated rings. The summed E-state index contributed by atoms with van der Waals surface area (Å²) in [5.41, 5.74) is 1.48. The molecule has 0 aliphatic rings. The van der Waals surface area contributed by atoms with E-state index in [2.05, 4.69) is 26.2 Å². The Balaban J connectivity index is 1.93. The number of anilines is 1. The van der Waals surface area contributed by atoms with Crippen molar-refractivity contribution in [3.63, 3.8) is 0 Å². The van der Waals surface area contributed by atoms with Crippen LogP contribution < -0.4 is 5.32 Å². The third-order valence-electron chi connectivity index (χ3n) is 2.39. The predicted molar refractivity (Wildman–Crippen MR) is 68.5 cm³/mol. The van der Waals surface area contributed by atoms with E-state index in [1.54, 1.807) is 12.4 Å². The van der Waals surface area contributed by atoms with Crippen molar-refractivity contribution in [1.29, 1.82) is 0 Å². The third-order valence-corrected chi connectivity index (χ3v) is 2.39. The van der Waals surface area contributed by atoms with Gasteiger partial charge in [0.1, 0.15) is 11.3 Å². The molecule has 0 aliphatic heterocycles. The summed E-state index contributed by atoms with van der Waals surface area (Å²) in [6, 6.07) is 3.83. The molecule has 0 radical (unpaired) electrons. The quantitative estimate of drug-likeness (QED) is 0.627. The molecule has 4 heteroatoms. The van der Waals surface area contributed by atoms with Crippen molar-refractivity contribution in [2.75, 3.05) is 11.9 Å². The molecular formula is C13H14N4. The van der Waals surface area contributed by atoms with Gasteiger partial charge >= 0.3 is 0 Å². The highest BCUT2D eigenvalue weighted by Crippen LogP contribution is 2.10. The van der Waals surface area contributed by atoms with Crippen LogP contribution in [0.4, 0.5) is 5.82 Å². The van der Waals surface area contributed by atoms with Crippen LogP contribution in [0.2, 0.25) is 0 Å². The van der Waals surface area contributed by atoms with E-state index in [9.17, 15) is 0 Å². The van der Waals surface area contributed by atoms with Gasteiger partial charge in [-0.15, -0.1) is 12.3 Å². The van der Waals surface area contributed by atoms with Crippen molar-refractivity contribution in [1.82, 2.24) is 15.0 Å². The van der Waals surface area contributed by atoms with Crippen molar-refractivity contribution >= 4 is 17.0 Å². The molecule has 0 bridgehead atoms. The monoisotopic (exact) mass is 226 g/mol. The molecule has 2 aromatic heterocycles. The van der Waals surface area contributed by atoms with Crippen LogP contribution in [0.15, 0.2) is 24.5 Å². The fourth-order valence-electron chi connectivity index (χ4n) is 1.52. The van der Waals surface area contributed by atoms with Crippen LogP contribution in [0.25, 0.3) is 11.2 Å². The molecule has 0 atom stereocenters. The van der Waals surface area contributed by atoms with E-state index in [1.807, 2.05) is 12.1 Å². The van der Waals surface area contributed by atoms with Gasteiger partial charge in [-0.2, -0.15) is 0 Å². The van der Waals surface area contributed by atoms with Crippen LogP contribution in [0.1, 0.15) is 19.3 Å². The lowest BCUT2D eigenvalue weighted by Crippen LogP contribution is -2.03. The number of rotatable bonds is 5. The Morgan fingerprint density at radius 3 is 2.94 bits per heavy atom. The van der Waals surface area contributed by atoms with Crippen molar-refractivity contribution in [3.8, 4) is 12.3 Å². The number of aromatic nitrogens is 3. The number of nitrogens with one attached hydrogen (secondary N) is 1. The maximum atomic E-state index is 5.19. The number of unbranched alkanes of at least 4 members (excludes halogenated alkanes) is 2. The Bertz CT molecular complexity index is 530. The maximum Gasteiger partial charge on any atom is 0.180 e. The second-order valence-corrected chi connectivity index (χ2v) is 3.68. The van der Waals surface area contributed by atoms with Crippen LogP contribution >= 0.6 is 0 Å². The van der Waals surface area contributed by atoms with Gasteiger partial charge in [-0.25, -0.2) is 9.97 Å². The minimum Gasteiger partial charge on any atom is -0.370 e. The second-order valence-electron chi connectivity index (χ2n) is 3.68. The van der Waals surface area contributed by atoms with Crippen LogP contribution in [-0.4, -0.2) is 21.5 Å². The molecule has 17 heavy (non-hydrogen) atoms. The SMILES string of the molecule is C#CCCCCNc1ccc2nccnc2n1. The van der Waals surface area contributed by atoms with Crippen LogP contribution in [0.3, 0.4) is 0 Å². The fourth-order valence-corrected chi connectivity index (χ4v) is 1.52. The number of nitrogens with zero attached hydrogens (tertiary/aromatic N) is 3. The molecule has 0 amide bonds. The third kappa shape index (κ3) is 3.15. The van der Waals surface area contributed by atoms with E-state index >= 15 is 0 Å². The summed E-state index contributed by atoms with van der Waals surface area (Å²) in [7, 11) is 0. The van der Waals surface area contributed by atoms with Crippen molar-refractivity contribution in [2.45, 2.75) is 19.3 Å². The van der Waals surface area contributed by atoms with Gasteiger partial charge < -0.3 is 5.32 Å². The first-order valence-electron chi connectivity index (χ1n) is 5.65. The van der Waals surface area contributed by atoms with E-state index in [0.717, 1.165) is 37.1 Å². The molecule has 1 N–H and O–H groups in total. The van der Waals surface area contributed by atoms with Crippen LogP contribution in [0, 0.1) is 12.3 Å². The minimum absolute atomic E-state index is 0.668. The minimum atomic E-state index is 0.668. The number of hydrogen-bond acceptors (Lipinski definition) is 4. The highest BCUT2D eigenvalue weighted by atomic mass is 15.0. The molecule has 2 aromatic rings. The van der Waals surface area contributed by atoms with Crippen molar-refractivity contribution < 1.29 is 0 Å². The van der Waals surface area contributed by atoms with Gasteiger partial charge in [0.15, 0.2) is 5.65 Å². The van der Waals surface area contributed by atoms with Gasteiger partial charge in [0.05, 0.1) is 0 Å². The summed E-state index contributed by atoms with van der Waals surface area (Å²) in [6.45, 7) is 0.875. The highest BCUT2D eigenvalue weighted by molar-refractivity contribution is 5.71. The van der Waals surface area contributed by atoms with E-state index < -0.39 is 0 Å². The molecule has 0 unspecified atom stereocenters. The van der Waals surface area contributed by atoms with Gasteiger partial charge in [-0.3, -0.25) is 4.98 Å². The molecule has 0 aromatic carbocycles. The smallest absolute Gasteiger partial charge is 0.180 e. The van der Waals surface area contributed by atoms with Crippen LogP contribution in [0.5, 0.6) is 0 Å². The average molecular weight is 226 g/mol. The standard InChI is InChI=1S/C13H14N4/c1-2-3-4-5-8-15-12-7-6-11-13(17-12)16-10-9-14-11/h1,6-7,9-10H,3-5,8H2,(H,15,16,17). The molecule has 2 heterocycles. The fraction of sp³-hybridized carbons (Fsp3) is 0.308. The lowest BCUT2D eigenvalue weighted by atomic mass is 10.2. The Morgan fingerprint density at radius 2 is 2.06 bits per heavy atom. The molecule has 86 valence electrons. The lowest BCUT2D eigenvalue weighted by Gasteiger charge is -2.04. The average Bonchev–Trinajstić information content (AvgIpc) is 2.38. The summed E-state index contributed by atoms with van der Waals surface area (Å²) in [5, 5.41) is 3.25. The Morgan fingerprint density at radius 1 is 1.18 bits per heavy atom. The number of hydrogen-bond donors (Lipinski definition) is 1. The van der Waals surface area contributed by atoms with Crippen molar-refractivity contribution in [3.05, 3.63) is 24.5 Å². The largest absolute Gasteiger partial charge is 0.370 e. The van der Waals surface area contributed by atoms with Crippen LogP contribution in [-0.2, 0) is 0 Å². The number of pyridine rings is 1. The van der Waals surface area contributed by atoms with E-state index in [4.69, 9.17) is 6.42 Å². The van der Waals surface area contributed by atoms with Crippen molar-refractivity contribution in [2.24, 2.45) is 0 Å².